The number of hydrogen-bond donors (Lipinski definition) is 0. The Balaban J connectivity index is 3.36. The van der Waals surface area contributed by atoms with E-state index in [9.17, 15) is 4.79 Å². The van der Waals surface area contributed by atoms with Crippen molar-refractivity contribution < 1.29 is 9.53 Å². The first kappa shape index (κ1) is 9.27. The normalized spacial score (nSPS) is 9.00. The molecule has 0 saturated carbocycles. The molecule has 3 heteroatoms. The second-order valence-electron chi connectivity index (χ2n) is 2.64. The molecule has 0 saturated heterocycles. The van der Waals surface area contributed by atoms with Crippen molar-refractivity contribution in [1.29, 1.82) is 5.26 Å². The number of ether oxygens (including phenoxy) is 1. The topological polar surface area (TPSA) is 50.1 Å². The fourth-order valence-electron chi connectivity index (χ4n) is 1.09. The first-order chi connectivity index (χ1) is 6.22. The summed E-state index contributed by atoms with van der Waals surface area (Å²) in [5, 5.41) is 8.72. The lowest BCUT2D eigenvalue weighted by atomic mass is 10.1. The maximum atomic E-state index is 10.6. The minimum atomic E-state index is 0.440. The van der Waals surface area contributed by atoms with E-state index in [4.69, 9.17) is 10.00 Å². The van der Waals surface area contributed by atoms with Crippen molar-refractivity contribution >= 4 is 6.29 Å². The number of carbonyl (C=O) groups excluding carboxylic acids is 1. The molecule has 1 aromatic carbocycles. The predicted molar refractivity (Wildman–Crippen MR) is 47.8 cm³/mol. The van der Waals surface area contributed by atoms with E-state index in [2.05, 4.69) is 0 Å². The average Bonchev–Trinajstić information content (AvgIpc) is 2.17. The van der Waals surface area contributed by atoms with Crippen LogP contribution in [0.1, 0.15) is 21.5 Å². The molecule has 66 valence electrons. The summed E-state index contributed by atoms with van der Waals surface area (Å²) in [7, 11) is 1.47. The van der Waals surface area contributed by atoms with Crippen molar-refractivity contribution in [3.05, 3.63) is 28.8 Å². The standard InChI is InChI=1S/C10H9NO2/c1-7-3-8(5-11)10(13-2)4-9(7)6-12/h3-4,6H,1-2H3. The van der Waals surface area contributed by atoms with Crippen molar-refractivity contribution in [2.75, 3.05) is 7.11 Å². The van der Waals surface area contributed by atoms with Gasteiger partial charge in [-0.2, -0.15) is 5.26 Å². The molecule has 0 aliphatic rings. The molecule has 0 radical (unpaired) electrons. The summed E-state index contributed by atoms with van der Waals surface area (Å²) in [5.74, 6) is 0.440. The van der Waals surface area contributed by atoms with Gasteiger partial charge in [-0.3, -0.25) is 4.79 Å². The zero-order valence-electron chi connectivity index (χ0n) is 7.50. The van der Waals surface area contributed by atoms with Crippen molar-refractivity contribution in [3.63, 3.8) is 0 Å². The van der Waals surface area contributed by atoms with Gasteiger partial charge in [0.15, 0.2) is 0 Å². The van der Waals surface area contributed by atoms with E-state index in [0.717, 1.165) is 11.8 Å². The Morgan fingerprint density at radius 3 is 2.69 bits per heavy atom. The van der Waals surface area contributed by atoms with Crippen LogP contribution in [0, 0.1) is 18.3 Å². The number of carbonyl (C=O) groups is 1. The van der Waals surface area contributed by atoms with Crippen LogP contribution in [0.3, 0.4) is 0 Å². The maximum absolute atomic E-state index is 10.6. The van der Waals surface area contributed by atoms with Gasteiger partial charge in [-0.1, -0.05) is 0 Å². The summed E-state index contributed by atoms with van der Waals surface area (Å²) in [6.07, 6.45) is 0.749. The van der Waals surface area contributed by atoms with Crippen LogP contribution in [0.25, 0.3) is 0 Å². The molecule has 0 amide bonds. The second-order valence-corrected chi connectivity index (χ2v) is 2.64. The van der Waals surface area contributed by atoms with Crippen molar-refractivity contribution in [3.8, 4) is 11.8 Å². The minimum absolute atomic E-state index is 0.440. The van der Waals surface area contributed by atoms with Crippen LogP contribution in [0.5, 0.6) is 5.75 Å². The quantitative estimate of drug-likeness (QED) is 0.642. The number of nitriles is 1. The van der Waals surface area contributed by atoms with Gasteiger partial charge in [-0.05, 0) is 24.6 Å². The molecule has 0 aromatic heterocycles. The molecular weight excluding hydrogens is 166 g/mol. The van der Waals surface area contributed by atoms with Crippen LogP contribution >= 0.6 is 0 Å². The van der Waals surface area contributed by atoms with Crippen LogP contribution in [0.4, 0.5) is 0 Å². The molecule has 0 fully saturated rings. The maximum Gasteiger partial charge on any atom is 0.150 e. The Morgan fingerprint density at radius 1 is 1.54 bits per heavy atom. The number of nitrogens with zero attached hydrogens (tertiary/aromatic N) is 1. The third-order valence-corrected chi connectivity index (χ3v) is 1.84. The summed E-state index contributed by atoms with van der Waals surface area (Å²) in [6.45, 7) is 1.78. The fraction of sp³-hybridized carbons (Fsp3) is 0.200. The van der Waals surface area contributed by atoms with Gasteiger partial charge >= 0.3 is 0 Å². The van der Waals surface area contributed by atoms with E-state index >= 15 is 0 Å². The van der Waals surface area contributed by atoms with Gasteiger partial charge in [0.05, 0.1) is 12.7 Å². The molecule has 0 unspecified atom stereocenters. The summed E-state index contributed by atoms with van der Waals surface area (Å²) >= 11 is 0. The van der Waals surface area contributed by atoms with Gasteiger partial charge in [-0.15, -0.1) is 0 Å². The number of methoxy groups -OCH3 is 1. The average molecular weight is 175 g/mol. The summed E-state index contributed by atoms with van der Waals surface area (Å²) in [5.41, 5.74) is 1.79. The van der Waals surface area contributed by atoms with E-state index in [-0.39, 0.29) is 0 Å². The first-order valence-electron chi connectivity index (χ1n) is 3.77. The number of aldehydes is 1. The van der Waals surface area contributed by atoms with Gasteiger partial charge in [0.1, 0.15) is 18.1 Å². The molecule has 1 rings (SSSR count). The number of aryl methyl sites for hydroxylation is 1. The van der Waals surface area contributed by atoms with Crippen LogP contribution < -0.4 is 4.74 Å². The largest absolute Gasteiger partial charge is 0.495 e. The zero-order chi connectivity index (χ0) is 9.84. The number of hydrogen-bond acceptors (Lipinski definition) is 3. The number of rotatable bonds is 2. The summed E-state index contributed by atoms with van der Waals surface area (Å²) < 4.78 is 4.95. The predicted octanol–water partition coefficient (Wildman–Crippen LogP) is 1.69. The lowest BCUT2D eigenvalue weighted by Gasteiger charge is -2.05. The molecule has 0 N–H and O–H groups in total. The fourth-order valence-corrected chi connectivity index (χ4v) is 1.09. The van der Waals surface area contributed by atoms with Gasteiger partial charge in [0.25, 0.3) is 0 Å². The SMILES string of the molecule is COc1cc(C=O)c(C)cc1C#N. The summed E-state index contributed by atoms with van der Waals surface area (Å²) in [4.78, 5) is 10.6. The van der Waals surface area contributed by atoms with E-state index in [1.165, 1.54) is 7.11 Å². The molecule has 1 aromatic rings. The van der Waals surface area contributed by atoms with Crippen LogP contribution in [-0.2, 0) is 0 Å². The number of benzene rings is 1. The van der Waals surface area contributed by atoms with Crippen LogP contribution in [0.15, 0.2) is 12.1 Å². The van der Waals surface area contributed by atoms with E-state index in [1.54, 1.807) is 19.1 Å². The molecule has 0 aliphatic heterocycles. The smallest absolute Gasteiger partial charge is 0.150 e. The Kier molecular flexibility index (Phi) is 2.65. The van der Waals surface area contributed by atoms with Gasteiger partial charge in [0.2, 0.25) is 0 Å². The Labute approximate surface area is 76.6 Å². The highest BCUT2D eigenvalue weighted by Crippen LogP contribution is 2.21. The van der Waals surface area contributed by atoms with Crippen molar-refractivity contribution in [2.45, 2.75) is 6.92 Å². The van der Waals surface area contributed by atoms with Crippen LogP contribution in [-0.4, -0.2) is 13.4 Å². The third-order valence-electron chi connectivity index (χ3n) is 1.84. The van der Waals surface area contributed by atoms with Gasteiger partial charge in [-0.25, -0.2) is 0 Å². The molecule has 0 heterocycles. The Bertz CT molecular complexity index is 377. The highest BCUT2D eigenvalue weighted by atomic mass is 16.5. The van der Waals surface area contributed by atoms with Gasteiger partial charge in [0, 0.05) is 5.56 Å². The lowest BCUT2D eigenvalue weighted by molar-refractivity contribution is 0.112. The third kappa shape index (κ3) is 1.67. The molecule has 0 bridgehead atoms. The van der Waals surface area contributed by atoms with Crippen molar-refractivity contribution in [2.24, 2.45) is 0 Å². The molecule has 0 aliphatic carbocycles. The van der Waals surface area contributed by atoms with Crippen molar-refractivity contribution in [1.82, 2.24) is 0 Å². The molecule has 0 spiro atoms. The van der Waals surface area contributed by atoms with E-state index < -0.39 is 0 Å². The second kappa shape index (κ2) is 3.72. The lowest BCUT2D eigenvalue weighted by Crippen LogP contribution is -1.93. The monoisotopic (exact) mass is 175 g/mol. The highest BCUT2D eigenvalue weighted by Gasteiger charge is 2.06. The molecule has 3 nitrogen and oxygen atoms in total. The minimum Gasteiger partial charge on any atom is -0.495 e. The molecule has 13 heavy (non-hydrogen) atoms. The van der Waals surface area contributed by atoms with E-state index in [1.807, 2.05) is 6.07 Å². The Morgan fingerprint density at radius 2 is 2.23 bits per heavy atom. The first-order valence-corrected chi connectivity index (χ1v) is 3.77. The Hall–Kier alpha value is -1.82. The van der Waals surface area contributed by atoms with E-state index in [0.29, 0.717) is 16.9 Å². The zero-order valence-corrected chi connectivity index (χ0v) is 7.50. The van der Waals surface area contributed by atoms with Crippen LogP contribution in [0.2, 0.25) is 0 Å². The van der Waals surface area contributed by atoms with Gasteiger partial charge < -0.3 is 4.74 Å². The molecule has 0 atom stereocenters. The summed E-state index contributed by atoms with van der Waals surface area (Å²) in [6, 6.07) is 5.21. The molecular formula is C10H9NO2. The highest BCUT2D eigenvalue weighted by molar-refractivity contribution is 5.78.